The Balaban J connectivity index is 2.44. The summed E-state index contributed by atoms with van der Waals surface area (Å²) in [7, 11) is 0. The second-order valence-electron chi connectivity index (χ2n) is 3.71. The Hall–Kier alpha value is -1.71. The van der Waals surface area contributed by atoms with E-state index in [9.17, 15) is 13.2 Å². The van der Waals surface area contributed by atoms with Crippen LogP contribution >= 0.6 is 0 Å². The number of furan rings is 1. The first-order chi connectivity index (χ1) is 8.00. The Labute approximate surface area is 96.5 Å². The monoisotopic (exact) mass is 240 g/mol. The normalized spacial score (nSPS) is 12.7. The van der Waals surface area contributed by atoms with Crippen LogP contribution < -0.4 is 0 Å². The molecule has 1 nitrogen and oxygen atoms in total. The largest absolute Gasteiger partial charge is 0.457 e. The van der Waals surface area contributed by atoms with Gasteiger partial charge >= 0.3 is 6.18 Å². The lowest BCUT2D eigenvalue weighted by Crippen LogP contribution is -2.03. The van der Waals surface area contributed by atoms with Gasteiger partial charge in [0, 0.05) is 5.39 Å². The van der Waals surface area contributed by atoms with E-state index in [0.29, 0.717) is 16.7 Å². The average Bonchev–Trinajstić information content (AvgIpc) is 2.66. The molecule has 0 saturated heterocycles. The second-order valence-corrected chi connectivity index (χ2v) is 3.71. The van der Waals surface area contributed by atoms with Crippen LogP contribution in [0.2, 0.25) is 0 Å². The van der Waals surface area contributed by atoms with Crippen molar-refractivity contribution in [2.24, 2.45) is 0 Å². The van der Waals surface area contributed by atoms with Crippen molar-refractivity contribution in [1.82, 2.24) is 0 Å². The molecule has 0 aliphatic heterocycles. The van der Waals surface area contributed by atoms with E-state index in [1.807, 2.05) is 13.0 Å². The SMILES string of the molecule is CCC=Cc1cc2cc(C(F)(F)F)ccc2o1. The molecule has 0 aliphatic carbocycles. The Kier molecular flexibility index (Phi) is 2.96. The van der Waals surface area contributed by atoms with Crippen LogP contribution in [0.3, 0.4) is 0 Å². The molecular weight excluding hydrogens is 229 g/mol. The molecule has 0 fully saturated rings. The molecule has 90 valence electrons. The molecule has 1 aromatic heterocycles. The van der Waals surface area contributed by atoms with Gasteiger partial charge in [-0.1, -0.05) is 13.0 Å². The summed E-state index contributed by atoms with van der Waals surface area (Å²) in [4.78, 5) is 0. The van der Waals surface area contributed by atoms with E-state index in [1.54, 1.807) is 12.1 Å². The Morgan fingerprint density at radius 1 is 1.24 bits per heavy atom. The molecule has 0 radical (unpaired) electrons. The van der Waals surface area contributed by atoms with Gasteiger partial charge in [-0.25, -0.2) is 0 Å². The highest BCUT2D eigenvalue weighted by molar-refractivity contribution is 5.80. The number of fused-ring (bicyclic) bond motifs is 1. The number of hydrogen-bond donors (Lipinski definition) is 0. The minimum atomic E-state index is -4.31. The van der Waals surface area contributed by atoms with Gasteiger partial charge in [-0.3, -0.25) is 0 Å². The molecule has 0 spiro atoms. The van der Waals surface area contributed by atoms with Crippen LogP contribution in [0, 0.1) is 0 Å². The molecule has 0 unspecified atom stereocenters. The van der Waals surface area contributed by atoms with E-state index in [1.165, 1.54) is 6.07 Å². The zero-order chi connectivity index (χ0) is 12.5. The highest BCUT2D eigenvalue weighted by atomic mass is 19.4. The maximum absolute atomic E-state index is 12.5. The van der Waals surface area contributed by atoms with Gasteiger partial charge in [-0.2, -0.15) is 13.2 Å². The number of alkyl halides is 3. The molecule has 2 rings (SSSR count). The van der Waals surface area contributed by atoms with Crippen molar-refractivity contribution in [1.29, 1.82) is 0 Å². The standard InChI is InChI=1S/C13H11F3O/c1-2-3-4-11-8-9-7-10(13(14,15)16)5-6-12(9)17-11/h3-8H,2H2,1H3. The molecule has 0 bridgehead atoms. The number of benzene rings is 1. The third-order valence-corrected chi connectivity index (χ3v) is 2.38. The van der Waals surface area contributed by atoms with Crippen molar-refractivity contribution >= 4 is 17.0 Å². The predicted octanol–water partition coefficient (Wildman–Crippen LogP) is 4.87. The van der Waals surface area contributed by atoms with E-state index in [-0.39, 0.29) is 0 Å². The summed E-state index contributed by atoms with van der Waals surface area (Å²) in [6.45, 7) is 1.97. The van der Waals surface area contributed by atoms with Gasteiger partial charge in [0.25, 0.3) is 0 Å². The van der Waals surface area contributed by atoms with Crippen LogP contribution in [0.1, 0.15) is 24.7 Å². The molecule has 2 aromatic rings. The highest BCUT2D eigenvalue weighted by Gasteiger charge is 2.30. The van der Waals surface area contributed by atoms with Crippen molar-refractivity contribution in [3.8, 4) is 0 Å². The zero-order valence-corrected chi connectivity index (χ0v) is 9.21. The molecular formula is C13H11F3O. The van der Waals surface area contributed by atoms with E-state index >= 15 is 0 Å². The molecule has 17 heavy (non-hydrogen) atoms. The topological polar surface area (TPSA) is 13.1 Å². The molecule has 0 atom stereocenters. The molecule has 0 saturated carbocycles. The van der Waals surface area contributed by atoms with Crippen LogP contribution in [-0.2, 0) is 6.18 Å². The summed E-state index contributed by atoms with van der Waals surface area (Å²) in [6.07, 6.45) is 0.186. The maximum atomic E-state index is 12.5. The van der Waals surface area contributed by atoms with E-state index < -0.39 is 11.7 Å². The third kappa shape index (κ3) is 2.52. The summed E-state index contributed by atoms with van der Waals surface area (Å²) >= 11 is 0. The number of halogens is 3. The number of hydrogen-bond acceptors (Lipinski definition) is 1. The lowest BCUT2D eigenvalue weighted by atomic mass is 10.1. The lowest BCUT2D eigenvalue weighted by molar-refractivity contribution is -0.137. The molecule has 0 amide bonds. The van der Waals surface area contributed by atoms with Gasteiger partial charge in [-0.15, -0.1) is 0 Å². The molecule has 1 aromatic carbocycles. The summed E-state index contributed by atoms with van der Waals surface area (Å²) in [5, 5.41) is 0.468. The van der Waals surface area contributed by atoms with Crippen molar-refractivity contribution < 1.29 is 17.6 Å². The summed E-state index contributed by atoms with van der Waals surface area (Å²) in [5.74, 6) is 0.571. The summed E-state index contributed by atoms with van der Waals surface area (Å²) in [5.41, 5.74) is -0.189. The third-order valence-electron chi connectivity index (χ3n) is 2.38. The van der Waals surface area contributed by atoms with E-state index in [4.69, 9.17) is 4.42 Å². The van der Waals surface area contributed by atoms with Crippen molar-refractivity contribution in [3.05, 3.63) is 41.7 Å². The molecule has 1 heterocycles. The van der Waals surface area contributed by atoms with Crippen LogP contribution in [0.15, 0.2) is 34.8 Å². The molecule has 4 heteroatoms. The van der Waals surface area contributed by atoms with Crippen molar-refractivity contribution in [2.45, 2.75) is 19.5 Å². The fourth-order valence-electron chi connectivity index (χ4n) is 1.56. The fourth-order valence-corrected chi connectivity index (χ4v) is 1.56. The van der Waals surface area contributed by atoms with E-state index in [0.717, 1.165) is 18.6 Å². The smallest absolute Gasteiger partial charge is 0.416 e. The summed E-state index contributed by atoms with van der Waals surface area (Å²) < 4.78 is 42.8. The van der Waals surface area contributed by atoms with Crippen molar-refractivity contribution in [3.63, 3.8) is 0 Å². The maximum Gasteiger partial charge on any atom is 0.416 e. The average molecular weight is 240 g/mol. The molecule has 0 aliphatic rings. The first-order valence-electron chi connectivity index (χ1n) is 5.28. The quantitative estimate of drug-likeness (QED) is 0.729. The minimum absolute atomic E-state index is 0.466. The Morgan fingerprint density at radius 2 is 2.00 bits per heavy atom. The zero-order valence-electron chi connectivity index (χ0n) is 9.21. The van der Waals surface area contributed by atoms with Crippen LogP contribution in [-0.4, -0.2) is 0 Å². The van der Waals surface area contributed by atoms with Crippen LogP contribution in [0.25, 0.3) is 17.0 Å². The predicted molar refractivity (Wildman–Crippen MR) is 60.5 cm³/mol. The van der Waals surface area contributed by atoms with Gasteiger partial charge in [0.15, 0.2) is 0 Å². The Morgan fingerprint density at radius 3 is 2.65 bits per heavy atom. The van der Waals surface area contributed by atoms with Gasteiger partial charge in [0.05, 0.1) is 5.56 Å². The lowest BCUT2D eigenvalue weighted by Gasteiger charge is -2.04. The minimum Gasteiger partial charge on any atom is -0.457 e. The van der Waals surface area contributed by atoms with E-state index in [2.05, 4.69) is 0 Å². The molecule has 0 N–H and O–H groups in total. The Bertz CT molecular complexity index is 549. The van der Waals surface area contributed by atoms with Gasteiger partial charge in [0.2, 0.25) is 0 Å². The summed E-state index contributed by atoms with van der Waals surface area (Å²) in [6, 6.07) is 5.08. The van der Waals surface area contributed by atoms with Crippen LogP contribution in [0.5, 0.6) is 0 Å². The fraction of sp³-hybridized carbons (Fsp3) is 0.231. The second kappa shape index (κ2) is 4.28. The van der Waals surface area contributed by atoms with Crippen molar-refractivity contribution in [2.75, 3.05) is 0 Å². The van der Waals surface area contributed by atoms with Gasteiger partial charge < -0.3 is 4.42 Å². The number of rotatable bonds is 2. The van der Waals surface area contributed by atoms with Gasteiger partial charge in [-0.05, 0) is 36.8 Å². The van der Waals surface area contributed by atoms with Crippen LogP contribution in [0.4, 0.5) is 13.2 Å². The first-order valence-corrected chi connectivity index (χ1v) is 5.28. The highest BCUT2D eigenvalue weighted by Crippen LogP contribution is 2.32. The first kappa shape index (κ1) is 11.8. The number of allylic oxidation sites excluding steroid dienone is 1. The van der Waals surface area contributed by atoms with Gasteiger partial charge in [0.1, 0.15) is 11.3 Å².